The number of aromatic nitrogens is 1. The van der Waals surface area contributed by atoms with Crippen molar-refractivity contribution in [2.75, 3.05) is 7.05 Å². The van der Waals surface area contributed by atoms with Gasteiger partial charge in [-0.15, -0.1) is 0 Å². The molecule has 28 heavy (non-hydrogen) atoms. The third-order valence-corrected chi connectivity index (χ3v) is 5.01. The number of pyridine rings is 1. The van der Waals surface area contributed by atoms with Crippen LogP contribution >= 0.6 is 0 Å². The van der Waals surface area contributed by atoms with Crippen LogP contribution in [0.1, 0.15) is 21.6 Å². The van der Waals surface area contributed by atoms with Crippen LogP contribution in [0.3, 0.4) is 0 Å². The van der Waals surface area contributed by atoms with Gasteiger partial charge in [0, 0.05) is 19.0 Å². The molecule has 3 heteroatoms. The van der Waals surface area contributed by atoms with Crippen LogP contribution < -0.4 is 0 Å². The van der Waals surface area contributed by atoms with Gasteiger partial charge in [0.05, 0.1) is 5.52 Å². The molecule has 0 aliphatic heterocycles. The zero-order valence-electron chi connectivity index (χ0n) is 16.1. The number of rotatable bonds is 4. The van der Waals surface area contributed by atoms with Gasteiger partial charge in [-0.05, 0) is 35.2 Å². The molecule has 1 amide bonds. The molecule has 0 saturated heterocycles. The molecule has 0 fully saturated rings. The molecule has 0 spiro atoms. The summed E-state index contributed by atoms with van der Waals surface area (Å²) in [6.07, 6.45) is 0. The summed E-state index contributed by atoms with van der Waals surface area (Å²) >= 11 is 0. The average molecular weight is 366 g/mol. The van der Waals surface area contributed by atoms with Gasteiger partial charge in [0.2, 0.25) is 0 Å². The van der Waals surface area contributed by atoms with Crippen LogP contribution in [0.15, 0.2) is 84.9 Å². The first kappa shape index (κ1) is 17.9. The van der Waals surface area contributed by atoms with E-state index in [0.29, 0.717) is 12.2 Å². The fraction of sp³-hybridized carbons (Fsp3) is 0.120. The lowest BCUT2D eigenvalue weighted by atomic mass is 9.94. The lowest BCUT2D eigenvalue weighted by Crippen LogP contribution is -2.28. The van der Waals surface area contributed by atoms with Crippen LogP contribution in [0.2, 0.25) is 0 Å². The molecule has 4 rings (SSSR count). The summed E-state index contributed by atoms with van der Waals surface area (Å²) in [5.41, 5.74) is 5.52. The minimum Gasteiger partial charge on any atom is -0.336 e. The summed E-state index contributed by atoms with van der Waals surface area (Å²) in [7, 11) is 1.83. The molecule has 3 aromatic carbocycles. The monoisotopic (exact) mass is 366 g/mol. The van der Waals surface area contributed by atoms with E-state index in [-0.39, 0.29) is 5.91 Å². The largest absolute Gasteiger partial charge is 0.336 e. The second-order valence-corrected chi connectivity index (χ2v) is 6.99. The highest BCUT2D eigenvalue weighted by Crippen LogP contribution is 2.33. The number of para-hydroxylation sites is 1. The highest BCUT2D eigenvalue weighted by molar-refractivity contribution is 6.03. The molecule has 0 bridgehead atoms. The van der Waals surface area contributed by atoms with Crippen molar-refractivity contribution in [3.63, 3.8) is 0 Å². The van der Waals surface area contributed by atoms with E-state index < -0.39 is 0 Å². The molecule has 0 unspecified atom stereocenters. The number of hydrogen-bond donors (Lipinski definition) is 0. The van der Waals surface area contributed by atoms with Crippen LogP contribution in [0.5, 0.6) is 0 Å². The Kier molecular flexibility index (Phi) is 4.90. The Morgan fingerprint density at radius 3 is 2.18 bits per heavy atom. The van der Waals surface area contributed by atoms with Crippen LogP contribution in [0.4, 0.5) is 0 Å². The average Bonchev–Trinajstić information content (AvgIpc) is 2.74. The molecule has 0 aliphatic rings. The molecule has 0 saturated carbocycles. The van der Waals surface area contributed by atoms with E-state index in [1.807, 2.05) is 80.7 Å². The van der Waals surface area contributed by atoms with E-state index in [0.717, 1.165) is 33.2 Å². The van der Waals surface area contributed by atoms with Crippen molar-refractivity contribution in [3.05, 3.63) is 102 Å². The number of nitrogens with zero attached hydrogens (tertiary/aromatic N) is 2. The zero-order valence-corrected chi connectivity index (χ0v) is 16.1. The Morgan fingerprint density at radius 2 is 1.46 bits per heavy atom. The number of carbonyl (C=O) groups is 1. The van der Waals surface area contributed by atoms with Gasteiger partial charge in [0.15, 0.2) is 0 Å². The topological polar surface area (TPSA) is 33.2 Å². The minimum absolute atomic E-state index is 0.0655. The van der Waals surface area contributed by atoms with Crippen molar-refractivity contribution in [2.24, 2.45) is 0 Å². The molecular weight excluding hydrogens is 344 g/mol. The summed E-state index contributed by atoms with van der Waals surface area (Å²) in [6, 6.07) is 28.2. The Labute approximate surface area is 165 Å². The Hall–Kier alpha value is -3.46. The number of benzene rings is 3. The van der Waals surface area contributed by atoms with Crippen LogP contribution in [-0.2, 0) is 6.54 Å². The molecule has 4 aromatic rings. The van der Waals surface area contributed by atoms with E-state index in [1.165, 1.54) is 0 Å². The summed E-state index contributed by atoms with van der Waals surface area (Å²) in [5.74, 6) is -0.0655. The summed E-state index contributed by atoms with van der Waals surface area (Å²) in [5, 5.41) is 1.06. The Morgan fingerprint density at radius 1 is 0.857 bits per heavy atom. The Bertz CT molecular complexity index is 1120. The molecular formula is C25H22N2O. The quantitative estimate of drug-likeness (QED) is 0.479. The first-order chi connectivity index (χ1) is 13.6. The predicted octanol–water partition coefficient (Wildman–Crippen LogP) is 5.48. The Balaban J connectivity index is 1.81. The number of fused-ring (bicyclic) bond motifs is 1. The molecule has 3 nitrogen and oxygen atoms in total. The fourth-order valence-electron chi connectivity index (χ4n) is 3.60. The second-order valence-electron chi connectivity index (χ2n) is 6.99. The third kappa shape index (κ3) is 3.39. The maximum absolute atomic E-state index is 13.3. The van der Waals surface area contributed by atoms with Crippen molar-refractivity contribution >= 4 is 16.8 Å². The van der Waals surface area contributed by atoms with E-state index in [4.69, 9.17) is 4.98 Å². The number of carbonyl (C=O) groups excluding carboxylic acids is 1. The molecule has 0 atom stereocenters. The smallest absolute Gasteiger partial charge is 0.272 e. The highest BCUT2D eigenvalue weighted by atomic mass is 16.2. The standard InChI is InChI=1S/C25H22N2O/c1-18-23(20-13-7-4-8-14-20)21-15-9-10-16-22(21)26-24(18)25(28)27(2)17-19-11-5-3-6-12-19/h3-16H,17H2,1-2H3. The van der Waals surface area contributed by atoms with Crippen LogP contribution in [-0.4, -0.2) is 22.8 Å². The zero-order chi connectivity index (χ0) is 19.5. The first-order valence-electron chi connectivity index (χ1n) is 9.39. The second kappa shape index (κ2) is 7.65. The van der Waals surface area contributed by atoms with Crippen molar-refractivity contribution in [3.8, 4) is 11.1 Å². The molecule has 138 valence electrons. The van der Waals surface area contributed by atoms with Gasteiger partial charge in [-0.25, -0.2) is 4.98 Å². The van der Waals surface area contributed by atoms with E-state index in [1.54, 1.807) is 4.90 Å². The fourth-order valence-corrected chi connectivity index (χ4v) is 3.60. The maximum atomic E-state index is 13.3. The van der Waals surface area contributed by atoms with Gasteiger partial charge in [-0.1, -0.05) is 78.9 Å². The van der Waals surface area contributed by atoms with Gasteiger partial charge in [0.1, 0.15) is 5.69 Å². The van der Waals surface area contributed by atoms with Crippen LogP contribution in [0, 0.1) is 6.92 Å². The molecule has 0 aliphatic carbocycles. The first-order valence-corrected chi connectivity index (χ1v) is 9.39. The SMILES string of the molecule is Cc1c(C(=O)N(C)Cc2ccccc2)nc2ccccc2c1-c1ccccc1. The van der Waals surface area contributed by atoms with Crippen molar-refractivity contribution in [2.45, 2.75) is 13.5 Å². The third-order valence-electron chi connectivity index (χ3n) is 5.01. The van der Waals surface area contributed by atoms with Gasteiger partial charge in [0.25, 0.3) is 5.91 Å². The maximum Gasteiger partial charge on any atom is 0.272 e. The van der Waals surface area contributed by atoms with Crippen molar-refractivity contribution < 1.29 is 4.79 Å². The molecule has 0 N–H and O–H groups in total. The van der Waals surface area contributed by atoms with Gasteiger partial charge in [-0.3, -0.25) is 4.79 Å². The lowest BCUT2D eigenvalue weighted by molar-refractivity contribution is 0.0779. The number of hydrogen-bond acceptors (Lipinski definition) is 2. The summed E-state index contributed by atoms with van der Waals surface area (Å²) in [6.45, 7) is 2.54. The van der Waals surface area contributed by atoms with Crippen LogP contribution in [0.25, 0.3) is 22.0 Å². The molecule has 1 aromatic heterocycles. The lowest BCUT2D eigenvalue weighted by Gasteiger charge is -2.20. The predicted molar refractivity (Wildman–Crippen MR) is 114 cm³/mol. The molecule has 1 heterocycles. The van der Waals surface area contributed by atoms with Gasteiger partial charge >= 0.3 is 0 Å². The van der Waals surface area contributed by atoms with E-state index in [2.05, 4.69) is 18.2 Å². The molecule has 0 radical (unpaired) electrons. The van der Waals surface area contributed by atoms with Crippen molar-refractivity contribution in [1.29, 1.82) is 0 Å². The van der Waals surface area contributed by atoms with Gasteiger partial charge < -0.3 is 4.90 Å². The van der Waals surface area contributed by atoms with E-state index >= 15 is 0 Å². The minimum atomic E-state index is -0.0655. The van der Waals surface area contributed by atoms with Gasteiger partial charge in [-0.2, -0.15) is 0 Å². The summed E-state index contributed by atoms with van der Waals surface area (Å²) < 4.78 is 0. The highest BCUT2D eigenvalue weighted by Gasteiger charge is 2.21. The number of amides is 1. The van der Waals surface area contributed by atoms with Crippen molar-refractivity contribution in [1.82, 2.24) is 9.88 Å². The van der Waals surface area contributed by atoms with E-state index in [9.17, 15) is 4.79 Å². The summed E-state index contributed by atoms with van der Waals surface area (Å²) in [4.78, 5) is 19.7. The normalized spacial score (nSPS) is 10.8.